The number of nitrogens with zero attached hydrogens (tertiary/aromatic N) is 10. The molecule has 0 bridgehead atoms. The van der Waals surface area contributed by atoms with Gasteiger partial charge < -0.3 is 30.1 Å². The summed E-state index contributed by atoms with van der Waals surface area (Å²) >= 11 is 31.5. The molecule has 0 aliphatic carbocycles. The number of benzene rings is 18. The van der Waals surface area contributed by atoms with E-state index in [9.17, 15) is 0 Å². The number of fused-ring (bicyclic) bond motifs is 2. The van der Waals surface area contributed by atoms with E-state index in [0.717, 1.165) is 120 Å². The quantitative estimate of drug-likeness (QED) is 0.0491. The number of halogens is 6. The molecule has 21 aromatic rings. The maximum Gasteiger partial charge on any atom is 0.488 e. The lowest BCUT2D eigenvalue weighted by molar-refractivity contribution is 0.424. The van der Waals surface area contributed by atoms with Gasteiger partial charge in [-0.25, -0.2) is 34.9 Å². The second-order valence-corrected chi connectivity index (χ2v) is 35.0. The number of rotatable bonds is 16. The summed E-state index contributed by atoms with van der Waals surface area (Å²) in [7, 11) is -4.29. The molecule has 18 aromatic carbocycles. The SMILES string of the molecule is Clc1cc(-c2ccc3ccccc3c2)cc(-c2nc(-c3ccccc3)nc(-c3cccc(-c4ccccc4)c3)n2)c1.Clc1cc(Br)cc(-c2nc(-c3ccccc3)nc(-c3cccc(-c4ccccc4)c3)n2)c1.Clc1nc(-c2ccccc2)nc(-c2cccc(-c3ccccc3)c2)n1.N#Cc1ccc(-c2ccc(B(O)O)cc2)cc1.OB(O)c1cc(Cl)cc(Br)c1.OB(O)c1ccc2ccccc2c1. The molecule has 0 aliphatic rings. The van der Waals surface area contributed by atoms with E-state index in [0.29, 0.717) is 83.6 Å². The number of hydrogen-bond donors (Lipinski definition) is 6. The van der Waals surface area contributed by atoms with E-state index in [1.807, 2.05) is 267 Å². The normalized spacial score (nSPS) is 10.6. The van der Waals surface area contributed by atoms with Crippen LogP contribution in [-0.2, 0) is 0 Å². The Kier molecular flexibility index (Phi) is 33.0. The van der Waals surface area contributed by atoms with Gasteiger partial charge in [-0.05, 0) is 196 Å². The largest absolute Gasteiger partial charge is 0.488 e. The number of aromatic nitrogens is 9. The van der Waals surface area contributed by atoms with Crippen molar-refractivity contribution < 1.29 is 30.1 Å². The van der Waals surface area contributed by atoms with E-state index in [-0.39, 0.29) is 5.28 Å². The topological polar surface area (TPSA) is 261 Å². The van der Waals surface area contributed by atoms with Crippen LogP contribution in [0.1, 0.15) is 5.56 Å². The lowest BCUT2D eigenvalue weighted by Crippen LogP contribution is -2.29. The minimum Gasteiger partial charge on any atom is -0.423 e. The Hall–Kier alpha value is -14.9. The zero-order valence-electron chi connectivity index (χ0n) is 73.8. The van der Waals surface area contributed by atoms with Gasteiger partial charge in [0.05, 0.1) is 11.6 Å². The molecule has 16 nitrogen and oxygen atoms in total. The minimum absolute atomic E-state index is 0.189. The standard InChI is InChI=1S/C37H24ClN3.C27H17BrClN3.C21H14ClN3.C13H10BNO2.C10H9BO2.C6H5BBrClO2/c38-34-23-32(30-19-18-26-12-7-8-15-28(26)20-30)22-33(24-34)37-40-35(27-13-5-2-6-14-27)39-36(41-37)31-17-9-16-29(21-31)25-10-3-1-4-11-25;28-23-15-22(16-24(29)17-23)27-31-25(19-10-5-2-6-11-19)30-26(32-27)21-13-7-12-20(14-21)18-8-3-1-4-9-18;22-21-24-19(16-10-5-2-6-11-16)23-20(25-21)18-13-7-12-17(14-18)15-8-3-1-4-9-15;15-9-10-1-3-11(4-2-10)12-5-7-13(8-6-12)14(16)17;12-11(13)10-6-5-8-3-1-2-4-9(8)7-10;8-5-1-4(7(10)11)2-6(9)3-5/h1-24H;1-17H;1-14H;1-8,16-17H;1-7,12-13H;1-3,10-11H. The van der Waals surface area contributed by atoms with E-state index in [1.165, 1.54) is 16.8 Å². The maximum absolute atomic E-state index is 8.97. The Morgan fingerprint density at radius 1 is 0.194 bits per heavy atom. The van der Waals surface area contributed by atoms with Gasteiger partial charge in [0, 0.05) is 68.5 Å². The summed E-state index contributed by atoms with van der Waals surface area (Å²) in [6.45, 7) is 0. The molecular formula is C114H79B3Br2Cl4N10O6. The Bertz CT molecular complexity index is 7810. The molecule has 672 valence electrons. The second-order valence-electron chi connectivity index (χ2n) is 31.5. The zero-order chi connectivity index (χ0) is 96.5. The van der Waals surface area contributed by atoms with E-state index >= 15 is 0 Å². The van der Waals surface area contributed by atoms with Gasteiger partial charge in [0.25, 0.3) is 0 Å². The molecule has 21 rings (SSSR count). The third-order valence-electron chi connectivity index (χ3n) is 21.8. The molecular weight excluding hydrogens is 1940 g/mol. The highest BCUT2D eigenvalue weighted by Crippen LogP contribution is 2.37. The van der Waals surface area contributed by atoms with Crippen molar-refractivity contribution in [3.05, 3.63) is 478 Å². The molecule has 0 aliphatic heterocycles. The summed E-state index contributed by atoms with van der Waals surface area (Å²) in [5.74, 6) is 4.74. The molecule has 25 heteroatoms. The van der Waals surface area contributed by atoms with Crippen molar-refractivity contribution in [3.8, 4) is 153 Å². The molecule has 6 N–H and O–H groups in total. The van der Waals surface area contributed by atoms with Crippen molar-refractivity contribution in [1.29, 1.82) is 5.26 Å². The fourth-order valence-corrected chi connectivity index (χ4v) is 17.1. The van der Waals surface area contributed by atoms with Crippen molar-refractivity contribution in [3.63, 3.8) is 0 Å². The van der Waals surface area contributed by atoms with Gasteiger partial charge in [-0.3, -0.25) is 0 Å². The second kappa shape index (κ2) is 47.2. The van der Waals surface area contributed by atoms with Crippen molar-refractivity contribution in [2.24, 2.45) is 0 Å². The fourth-order valence-electron chi connectivity index (χ4n) is 14.9. The average molecular weight is 2020 g/mol. The average Bonchev–Trinajstić information content (AvgIpc) is 0.786. The highest BCUT2D eigenvalue weighted by Gasteiger charge is 2.21. The molecule has 0 atom stereocenters. The van der Waals surface area contributed by atoms with E-state index < -0.39 is 21.4 Å². The lowest BCUT2D eigenvalue weighted by Gasteiger charge is -2.11. The molecule has 139 heavy (non-hydrogen) atoms. The molecule has 0 saturated carbocycles. The Labute approximate surface area is 841 Å². The molecule has 0 saturated heterocycles. The lowest BCUT2D eigenvalue weighted by atomic mass is 9.79. The fraction of sp³-hybridized carbons (Fsp3) is 0. The van der Waals surface area contributed by atoms with Gasteiger partial charge >= 0.3 is 21.4 Å². The van der Waals surface area contributed by atoms with Crippen LogP contribution in [0.5, 0.6) is 0 Å². The molecule has 0 spiro atoms. The molecule has 0 amide bonds. The summed E-state index contributed by atoms with van der Waals surface area (Å²) in [5, 5.41) is 68.4. The van der Waals surface area contributed by atoms with Crippen molar-refractivity contribution in [2.75, 3.05) is 0 Å². The van der Waals surface area contributed by atoms with Crippen LogP contribution in [0, 0.1) is 11.3 Å². The summed E-state index contributed by atoms with van der Waals surface area (Å²) < 4.78 is 1.60. The van der Waals surface area contributed by atoms with Gasteiger partial charge in [0.2, 0.25) is 5.28 Å². The zero-order valence-corrected chi connectivity index (χ0v) is 80.0. The van der Waals surface area contributed by atoms with E-state index in [1.54, 1.807) is 48.5 Å². The van der Waals surface area contributed by atoms with Crippen LogP contribution in [-0.4, -0.2) is 96.4 Å². The molecule has 3 heterocycles. The summed E-state index contributed by atoms with van der Waals surface area (Å²) in [6, 6.07) is 146. The predicted molar refractivity (Wildman–Crippen MR) is 574 cm³/mol. The van der Waals surface area contributed by atoms with Crippen molar-refractivity contribution in [2.45, 2.75) is 0 Å². The molecule has 0 unspecified atom stereocenters. The minimum atomic E-state index is -1.47. The van der Waals surface area contributed by atoms with Crippen LogP contribution >= 0.6 is 78.3 Å². The van der Waals surface area contributed by atoms with Crippen LogP contribution in [0.3, 0.4) is 0 Å². The van der Waals surface area contributed by atoms with Gasteiger partial charge in [0.15, 0.2) is 46.6 Å². The first kappa shape index (κ1) is 97.2. The van der Waals surface area contributed by atoms with Crippen LogP contribution in [0.15, 0.2) is 452 Å². The van der Waals surface area contributed by atoms with Crippen LogP contribution in [0.25, 0.3) is 168 Å². The predicted octanol–water partition coefficient (Wildman–Crippen LogP) is 25.7. The van der Waals surface area contributed by atoms with E-state index in [2.05, 4.69) is 174 Å². The summed E-state index contributed by atoms with van der Waals surface area (Å²) in [6.07, 6.45) is 0. The Morgan fingerprint density at radius 3 is 0.856 bits per heavy atom. The first-order valence-electron chi connectivity index (χ1n) is 43.7. The summed E-state index contributed by atoms with van der Waals surface area (Å²) in [5.41, 5.74) is 20.0. The maximum atomic E-state index is 8.97. The monoisotopic (exact) mass is 2010 g/mol. The highest BCUT2D eigenvalue weighted by molar-refractivity contribution is 9.10. The molecule has 0 fully saturated rings. The van der Waals surface area contributed by atoms with Gasteiger partial charge in [0.1, 0.15) is 0 Å². The number of nitriles is 1. The van der Waals surface area contributed by atoms with Crippen molar-refractivity contribution >= 4 is 138 Å². The van der Waals surface area contributed by atoms with E-state index in [4.69, 9.17) is 112 Å². The van der Waals surface area contributed by atoms with Gasteiger partial charge in [-0.2, -0.15) is 15.2 Å². The van der Waals surface area contributed by atoms with Crippen LogP contribution in [0.4, 0.5) is 0 Å². The van der Waals surface area contributed by atoms with Gasteiger partial charge in [-0.15, -0.1) is 0 Å². The summed E-state index contributed by atoms with van der Waals surface area (Å²) in [4.78, 5) is 42.4. The highest BCUT2D eigenvalue weighted by atomic mass is 79.9. The Morgan fingerprint density at radius 2 is 0.460 bits per heavy atom. The van der Waals surface area contributed by atoms with Crippen molar-refractivity contribution in [1.82, 2.24) is 44.9 Å². The third kappa shape index (κ3) is 26.5. The first-order valence-corrected chi connectivity index (χ1v) is 46.8. The Balaban J connectivity index is 0.000000127. The smallest absolute Gasteiger partial charge is 0.423 e. The van der Waals surface area contributed by atoms with Crippen LogP contribution < -0.4 is 16.4 Å². The third-order valence-corrected chi connectivity index (χ3v) is 23.6. The van der Waals surface area contributed by atoms with Crippen LogP contribution in [0.2, 0.25) is 20.4 Å². The van der Waals surface area contributed by atoms with Gasteiger partial charge in [-0.1, -0.05) is 419 Å². The first-order chi connectivity index (χ1) is 67.7. The molecule has 3 aromatic heterocycles. The number of hydrogen-bond acceptors (Lipinski definition) is 16. The molecule has 0 radical (unpaired) electrons.